The van der Waals surface area contributed by atoms with E-state index in [1.807, 2.05) is 56.3 Å². The molecule has 1 nitrogen and oxygen atoms in total. The maximum absolute atomic E-state index is 4.22. The molecular formula is C36H37IrN-2. The zero-order valence-corrected chi connectivity index (χ0v) is 25.6. The van der Waals surface area contributed by atoms with Crippen LogP contribution in [0.3, 0.4) is 0 Å². The Morgan fingerprint density at radius 1 is 0.658 bits per heavy atom. The number of aryl methyl sites for hydroxylation is 2. The molecule has 0 fully saturated rings. The van der Waals surface area contributed by atoms with Crippen molar-refractivity contribution in [1.29, 1.82) is 0 Å². The Morgan fingerprint density at radius 3 is 1.71 bits per heavy atom. The van der Waals surface area contributed by atoms with E-state index >= 15 is 0 Å². The summed E-state index contributed by atoms with van der Waals surface area (Å²) in [6, 6.07) is 41.4. The molecule has 0 saturated heterocycles. The molecule has 1 heterocycles. The molecule has 0 unspecified atom stereocenters. The molecule has 197 valence electrons. The third-order valence-corrected chi connectivity index (χ3v) is 6.72. The van der Waals surface area contributed by atoms with Gasteiger partial charge in [0.05, 0.1) is 0 Å². The van der Waals surface area contributed by atoms with E-state index in [-0.39, 0.29) is 32.9 Å². The van der Waals surface area contributed by atoms with Gasteiger partial charge in [-0.1, -0.05) is 104 Å². The summed E-state index contributed by atoms with van der Waals surface area (Å²) in [4.78, 5) is 4.22. The molecule has 38 heavy (non-hydrogen) atoms. The fourth-order valence-corrected chi connectivity index (χ4v) is 4.92. The topological polar surface area (TPSA) is 12.9 Å². The number of fused-ring (bicyclic) bond motifs is 3. The van der Waals surface area contributed by atoms with E-state index in [1.165, 1.54) is 38.9 Å². The van der Waals surface area contributed by atoms with E-state index in [9.17, 15) is 0 Å². The van der Waals surface area contributed by atoms with Crippen molar-refractivity contribution in [2.75, 3.05) is 0 Å². The van der Waals surface area contributed by atoms with Gasteiger partial charge in [-0.2, -0.15) is 0 Å². The van der Waals surface area contributed by atoms with Gasteiger partial charge in [0.15, 0.2) is 0 Å². The summed E-state index contributed by atoms with van der Waals surface area (Å²) < 4.78 is 0. The summed E-state index contributed by atoms with van der Waals surface area (Å²) in [5, 5.41) is 0. The normalized spacial score (nSPS) is 11.6. The van der Waals surface area contributed by atoms with Crippen LogP contribution >= 0.6 is 0 Å². The minimum atomic E-state index is -0.0655. The van der Waals surface area contributed by atoms with Crippen LogP contribution in [-0.4, -0.2) is 4.98 Å². The Kier molecular flexibility index (Phi) is 11.4. The minimum Gasteiger partial charge on any atom is -0.358 e. The average molecular weight is 676 g/mol. The molecule has 1 aliphatic carbocycles. The standard InChI is InChI=1S/C22H20.C11H8N.C2H6.CH3.Ir/c1-15-9-11-18-19-12-10-16(2)14-21(19)22(3,20(18)13-15)17-7-5-4-6-8-17;1-2-6-10(7-3-1)11-8-4-5-9-12-11;1-2;;/h4-14H,1-3H3;1-6,8-9H;1-2H3;1H3;/q;-1;;-1;. The molecule has 4 aromatic carbocycles. The summed E-state index contributed by atoms with van der Waals surface area (Å²) in [5.41, 5.74) is 11.6. The van der Waals surface area contributed by atoms with E-state index in [0.29, 0.717) is 0 Å². The Bertz CT molecular complexity index is 1320. The van der Waals surface area contributed by atoms with Gasteiger partial charge < -0.3 is 12.4 Å². The zero-order valence-electron chi connectivity index (χ0n) is 23.3. The molecule has 6 rings (SSSR count). The monoisotopic (exact) mass is 676 g/mol. The van der Waals surface area contributed by atoms with E-state index < -0.39 is 0 Å². The van der Waals surface area contributed by atoms with Crippen LogP contribution in [0.25, 0.3) is 22.4 Å². The van der Waals surface area contributed by atoms with Gasteiger partial charge in [0.2, 0.25) is 0 Å². The van der Waals surface area contributed by atoms with Gasteiger partial charge in [-0.25, -0.2) is 0 Å². The van der Waals surface area contributed by atoms with E-state index in [4.69, 9.17) is 0 Å². The third-order valence-electron chi connectivity index (χ3n) is 6.72. The van der Waals surface area contributed by atoms with Crippen LogP contribution < -0.4 is 0 Å². The molecule has 0 aliphatic heterocycles. The largest absolute Gasteiger partial charge is 0.358 e. The molecule has 1 aliphatic rings. The van der Waals surface area contributed by atoms with Gasteiger partial charge in [0, 0.05) is 31.7 Å². The summed E-state index contributed by atoms with van der Waals surface area (Å²) in [5.74, 6) is 0. The first kappa shape index (κ1) is 30.9. The second kappa shape index (κ2) is 14.0. The SMILES string of the molecule is CC.Cc1ccc2c(c1)C(C)(c1ccccc1)c1cc(C)ccc1-2.[CH3-].[Ir].[c-]1ccccc1-c1ccccn1. The predicted octanol–water partition coefficient (Wildman–Crippen LogP) is 9.66. The summed E-state index contributed by atoms with van der Waals surface area (Å²) in [6.45, 7) is 10.7. The predicted molar refractivity (Wildman–Crippen MR) is 160 cm³/mol. The van der Waals surface area contributed by atoms with Crippen molar-refractivity contribution in [3.63, 3.8) is 0 Å². The quantitative estimate of drug-likeness (QED) is 0.170. The Morgan fingerprint density at radius 2 is 1.21 bits per heavy atom. The van der Waals surface area contributed by atoms with Crippen molar-refractivity contribution in [3.05, 3.63) is 157 Å². The van der Waals surface area contributed by atoms with Crippen molar-refractivity contribution < 1.29 is 20.1 Å². The minimum absolute atomic E-state index is 0. The van der Waals surface area contributed by atoms with Gasteiger partial charge in [-0.15, -0.1) is 35.9 Å². The smallest absolute Gasteiger partial charge is 0.0435 e. The van der Waals surface area contributed by atoms with Crippen LogP contribution in [-0.2, 0) is 25.5 Å². The number of rotatable bonds is 2. The number of hydrogen-bond donors (Lipinski definition) is 0. The Balaban J connectivity index is 0.000000272. The molecule has 0 saturated carbocycles. The summed E-state index contributed by atoms with van der Waals surface area (Å²) in [6.07, 6.45) is 1.79. The fraction of sp³-hybridized carbons (Fsp3) is 0.167. The zero-order chi connectivity index (χ0) is 25.5. The number of nitrogens with zero attached hydrogens (tertiary/aromatic N) is 1. The maximum atomic E-state index is 4.22. The molecule has 1 aromatic heterocycles. The number of benzene rings is 4. The van der Waals surface area contributed by atoms with Gasteiger partial charge in [-0.3, -0.25) is 0 Å². The first-order chi connectivity index (χ1) is 17.6. The van der Waals surface area contributed by atoms with Gasteiger partial charge in [-0.05, 0) is 60.3 Å². The van der Waals surface area contributed by atoms with Crippen LogP contribution in [0.5, 0.6) is 0 Å². The molecule has 0 spiro atoms. The van der Waals surface area contributed by atoms with Crippen molar-refractivity contribution in [1.82, 2.24) is 4.98 Å². The van der Waals surface area contributed by atoms with Gasteiger partial charge in [0.25, 0.3) is 0 Å². The molecule has 0 atom stereocenters. The molecule has 0 N–H and O–H groups in total. The number of hydrogen-bond acceptors (Lipinski definition) is 1. The molecule has 0 amide bonds. The fourth-order valence-electron chi connectivity index (χ4n) is 4.92. The van der Waals surface area contributed by atoms with Crippen molar-refractivity contribution in [2.45, 2.75) is 40.0 Å². The van der Waals surface area contributed by atoms with Crippen LogP contribution in [0.4, 0.5) is 0 Å². The molecule has 1 radical (unpaired) electrons. The molecule has 0 bridgehead atoms. The average Bonchev–Trinajstić information content (AvgIpc) is 3.19. The van der Waals surface area contributed by atoms with Crippen molar-refractivity contribution in [2.24, 2.45) is 0 Å². The van der Waals surface area contributed by atoms with E-state index in [0.717, 1.165) is 11.3 Å². The number of pyridine rings is 1. The van der Waals surface area contributed by atoms with Gasteiger partial charge >= 0.3 is 0 Å². The molecule has 5 aromatic rings. The van der Waals surface area contributed by atoms with Gasteiger partial charge in [0.1, 0.15) is 0 Å². The van der Waals surface area contributed by atoms with Crippen LogP contribution in [0.1, 0.15) is 48.6 Å². The third kappa shape index (κ3) is 6.21. The Hall–Kier alpha value is -3.32. The maximum Gasteiger partial charge on any atom is 0.0435 e. The summed E-state index contributed by atoms with van der Waals surface area (Å²) in [7, 11) is 0. The van der Waals surface area contributed by atoms with Crippen molar-refractivity contribution >= 4 is 0 Å². The number of aromatic nitrogens is 1. The second-order valence-electron chi connectivity index (χ2n) is 9.08. The molecular weight excluding hydrogens is 639 g/mol. The first-order valence-electron chi connectivity index (χ1n) is 12.7. The second-order valence-corrected chi connectivity index (χ2v) is 9.08. The van der Waals surface area contributed by atoms with E-state index in [1.54, 1.807) is 6.20 Å². The molecule has 2 heteroatoms. The summed E-state index contributed by atoms with van der Waals surface area (Å²) >= 11 is 0. The Labute approximate surface area is 243 Å². The van der Waals surface area contributed by atoms with Crippen LogP contribution in [0.2, 0.25) is 0 Å². The van der Waals surface area contributed by atoms with Crippen LogP contribution in [0.15, 0.2) is 115 Å². The van der Waals surface area contributed by atoms with E-state index in [2.05, 4.69) is 98.6 Å². The first-order valence-corrected chi connectivity index (χ1v) is 12.7. The van der Waals surface area contributed by atoms with Crippen LogP contribution in [0, 0.1) is 27.3 Å². The van der Waals surface area contributed by atoms with Crippen molar-refractivity contribution in [3.8, 4) is 22.4 Å².